The van der Waals surface area contributed by atoms with Gasteiger partial charge in [-0.2, -0.15) is 11.8 Å². The fourth-order valence-corrected chi connectivity index (χ4v) is 3.85. The van der Waals surface area contributed by atoms with Crippen LogP contribution in [0.1, 0.15) is 39.0 Å². The van der Waals surface area contributed by atoms with Gasteiger partial charge in [0.15, 0.2) is 0 Å². The van der Waals surface area contributed by atoms with Gasteiger partial charge in [-0.05, 0) is 30.9 Å². The molecule has 2 atom stereocenters. The molecule has 2 aliphatic rings. The molecule has 0 aromatic heterocycles. The van der Waals surface area contributed by atoms with Crippen LogP contribution in [0.15, 0.2) is 0 Å². The Morgan fingerprint density at radius 2 is 2.10 bits per heavy atom. The van der Waals surface area contributed by atoms with Crippen molar-refractivity contribution in [1.82, 2.24) is 10.2 Å². The average molecular weight is 300 g/mol. The number of carbonyl (C=O) groups excluding carboxylic acids is 1. The molecule has 0 aromatic carbocycles. The van der Waals surface area contributed by atoms with Crippen LogP contribution in [0.3, 0.4) is 0 Å². The van der Waals surface area contributed by atoms with E-state index in [1.165, 1.54) is 31.4 Å². The fourth-order valence-electron chi connectivity index (χ4n) is 2.96. The standard InChI is InChI=1S/C15H28N2O2S/c1-13-5-2-3-6-14(13)19-10-7-16-15(18)17-8-4-11-20-12-9-17/h13-14H,2-12H2,1H3,(H,16,18)/t13-,14+/m0/s1. The van der Waals surface area contributed by atoms with Crippen LogP contribution < -0.4 is 5.32 Å². The normalized spacial score (nSPS) is 27.9. The Kier molecular flexibility index (Phi) is 7.00. The number of urea groups is 1. The van der Waals surface area contributed by atoms with Gasteiger partial charge in [-0.25, -0.2) is 4.79 Å². The van der Waals surface area contributed by atoms with Crippen LogP contribution in [0.25, 0.3) is 0 Å². The van der Waals surface area contributed by atoms with E-state index in [4.69, 9.17) is 4.74 Å². The number of rotatable bonds is 4. The van der Waals surface area contributed by atoms with E-state index < -0.39 is 0 Å². The summed E-state index contributed by atoms with van der Waals surface area (Å²) in [6.07, 6.45) is 6.59. The Hall–Kier alpha value is -0.420. The predicted molar refractivity (Wildman–Crippen MR) is 84.3 cm³/mol. The lowest BCUT2D eigenvalue weighted by atomic mass is 9.88. The summed E-state index contributed by atoms with van der Waals surface area (Å²) in [6.45, 7) is 5.31. The van der Waals surface area contributed by atoms with Crippen molar-refractivity contribution in [3.8, 4) is 0 Å². The highest BCUT2D eigenvalue weighted by Gasteiger charge is 2.21. The average Bonchev–Trinajstić information content (AvgIpc) is 2.74. The lowest BCUT2D eigenvalue weighted by Gasteiger charge is -2.29. The minimum Gasteiger partial charge on any atom is -0.376 e. The van der Waals surface area contributed by atoms with E-state index in [1.807, 2.05) is 16.7 Å². The highest BCUT2D eigenvalue weighted by atomic mass is 32.2. The maximum absolute atomic E-state index is 12.0. The number of amides is 2. The van der Waals surface area contributed by atoms with Gasteiger partial charge in [0.2, 0.25) is 0 Å². The second kappa shape index (κ2) is 8.78. The third kappa shape index (κ3) is 5.17. The minimum atomic E-state index is 0.0767. The number of thioether (sulfide) groups is 1. The first-order valence-electron chi connectivity index (χ1n) is 7.99. The molecule has 2 amide bonds. The molecule has 0 bridgehead atoms. The van der Waals surface area contributed by atoms with Crippen molar-refractivity contribution >= 4 is 17.8 Å². The maximum atomic E-state index is 12.0. The number of ether oxygens (including phenoxy) is 1. The zero-order chi connectivity index (χ0) is 14.2. The molecule has 1 saturated carbocycles. The fraction of sp³-hybridized carbons (Fsp3) is 0.933. The van der Waals surface area contributed by atoms with Gasteiger partial charge in [-0.3, -0.25) is 0 Å². The predicted octanol–water partition coefficient (Wildman–Crippen LogP) is 2.73. The molecule has 0 unspecified atom stereocenters. The first kappa shape index (κ1) is 16.0. The van der Waals surface area contributed by atoms with Gasteiger partial charge in [-0.15, -0.1) is 0 Å². The SMILES string of the molecule is C[C@H]1CCCC[C@H]1OCCNC(=O)N1CCCSCC1. The van der Waals surface area contributed by atoms with Gasteiger partial charge >= 0.3 is 6.03 Å². The van der Waals surface area contributed by atoms with E-state index in [1.54, 1.807) is 0 Å². The van der Waals surface area contributed by atoms with Gasteiger partial charge in [0, 0.05) is 25.4 Å². The maximum Gasteiger partial charge on any atom is 0.317 e. The molecule has 1 heterocycles. The van der Waals surface area contributed by atoms with Crippen molar-refractivity contribution in [2.45, 2.75) is 45.1 Å². The topological polar surface area (TPSA) is 41.6 Å². The molecule has 1 N–H and O–H groups in total. The lowest BCUT2D eigenvalue weighted by Crippen LogP contribution is -2.42. The van der Waals surface area contributed by atoms with Crippen LogP contribution in [-0.4, -0.2) is 54.8 Å². The van der Waals surface area contributed by atoms with Gasteiger partial charge in [0.1, 0.15) is 0 Å². The summed E-state index contributed by atoms with van der Waals surface area (Å²) < 4.78 is 5.92. The van der Waals surface area contributed by atoms with Crippen LogP contribution in [0, 0.1) is 5.92 Å². The Morgan fingerprint density at radius 3 is 2.95 bits per heavy atom. The smallest absolute Gasteiger partial charge is 0.317 e. The van der Waals surface area contributed by atoms with Crippen molar-refractivity contribution in [1.29, 1.82) is 0 Å². The van der Waals surface area contributed by atoms with Crippen LogP contribution in [-0.2, 0) is 4.74 Å². The Bertz CT molecular complexity index is 294. The van der Waals surface area contributed by atoms with Gasteiger partial charge in [-0.1, -0.05) is 19.8 Å². The molecule has 1 aliphatic heterocycles. The van der Waals surface area contributed by atoms with Gasteiger partial charge in [0.25, 0.3) is 0 Å². The van der Waals surface area contributed by atoms with E-state index in [-0.39, 0.29) is 6.03 Å². The summed E-state index contributed by atoms with van der Waals surface area (Å²) in [7, 11) is 0. The summed E-state index contributed by atoms with van der Waals surface area (Å²) in [6, 6.07) is 0.0767. The van der Waals surface area contributed by atoms with Crippen LogP contribution >= 0.6 is 11.8 Å². The monoisotopic (exact) mass is 300 g/mol. The molecule has 1 aliphatic carbocycles. The number of carbonyl (C=O) groups is 1. The first-order chi connectivity index (χ1) is 9.77. The Labute approximate surface area is 127 Å². The molecule has 4 nitrogen and oxygen atoms in total. The van der Waals surface area contributed by atoms with Gasteiger partial charge < -0.3 is 15.0 Å². The van der Waals surface area contributed by atoms with Crippen molar-refractivity contribution < 1.29 is 9.53 Å². The van der Waals surface area contributed by atoms with Crippen LogP contribution in [0.2, 0.25) is 0 Å². The zero-order valence-electron chi connectivity index (χ0n) is 12.6. The van der Waals surface area contributed by atoms with Crippen molar-refractivity contribution in [2.75, 3.05) is 37.7 Å². The Morgan fingerprint density at radius 1 is 1.25 bits per heavy atom. The van der Waals surface area contributed by atoms with E-state index in [9.17, 15) is 4.79 Å². The molecule has 2 rings (SSSR count). The van der Waals surface area contributed by atoms with Crippen LogP contribution in [0.4, 0.5) is 4.79 Å². The molecule has 0 radical (unpaired) electrons. The van der Waals surface area contributed by atoms with E-state index in [0.29, 0.717) is 25.2 Å². The van der Waals surface area contributed by atoms with E-state index in [2.05, 4.69) is 12.2 Å². The van der Waals surface area contributed by atoms with Crippen molar-refractivity contribution in [3.63, 3.8) is 0 Å². The second-order valence-corrected chi connectivity index (χ2v) is 7.08. The molecule has 5 heteroatoms. The first-order valence-corrected chi connectivity index (χ1v) is 9.15. The summed E-state index contributed by atoms with van der Waals surface area (Å²) in [5, 5.41) is 2.99. The lowest BCUT2D eigenvalue weighted by molar-refractivity contribution is -0.00269. The summed E-state index contributed by atoms with van der Waals surface area (Å²) in [5.74, 6) is 2.90. The van der Waals surface area contributed by atoms with E-state index >= 15 is 0 Å². The largest absolute Gasteiger partial charge is 0.376 e. The van der Waals surface area contributed by atoms with Crippen molar-refractivity contribution in [3.05, 3.63) is 0 Å². The minimum absolute atomic E-state index is 0.0767. The molecule has 116 valence electrons. The summed E-state index contributed by atoms with van der Waals surface area (Å²) in [4.78, 5) is 14.0. The molecular weight excluding hydrogens is 272 g/mol. The zero-order valence-corrected chi connectivity index (χ0v) is 13.4. The van der Waals surface area contributed by atoms with E-state index in [0.717, 1.165) is 25.3 Å². The van der Waals surface area contributed by atoms with Crippen LogP contribution in [0.5, 0.6) is 0 Å². The summed E-state index contributed by atoms with van der Waals surface area (Å²) in [5.41, 5.74) is 0. The molecular formula is C15H28N2O2S. The number of nitrogens with one attached hydrogen (secondary N) is 1. The molecule has 2 fully saturated rings. The number of hydrogen-bond acceptors (Lipinski definition) is 3. The van der Waals surface area contributed by atoms with Gasteiger partial charge in [0.05, 0.1) is 12.7 Å². The highest BCUT2D eigenvalue weighted by Crippen LogP contribution is 2.25. The summed E-state index contributed by atoms with van der Waals surface area (Å²) >= 11 is 1.94. The molecule has 0 aromatic rings. The third-order valence-corrected chi connectivity index (χ3v) is 5.30. The molecule has 0 spiro atoms. The molecule has 20 heavy (non-hydrogen) atoms. The number of nitrogens with zero attached hydrogens (tertiary/aromatic N) is 1. The molecule has 1 saturated heterocycles. The van der Waals surface area contributed by atoms with Crippen molar-refractivity contribution in [2.24, 2.45) is 5.92 Å². The Balaban J connectivity index is 1.58. The number of hydrogen-bond donors (Lipinski definition) is 1. The quantitative estimate of drug-likeness (QED) is 0.812. The third-order valence-electron chi connectivity index (χ3n) is 4.25. The second-order valence-electron chi connectivity index (χ2n) is 5.86. The highest BCUT2D eigenvalue weighted by molar-refractivity contribution is 7.99.